The summed E-state index contributed by atoms with van der Waals surface area (Å²) in [5, 5.41) is 24.3. The molecule has 1 atom stereocenters. The topological polar surface area (TPSA) is 119 Å². The molecule has 2 rings (SSSR count). The fraction of sp³-hybridized carbons (Fsp3) is 0.571. The molecule has 1 unspecified atom stereocenters. The molecule has 126 valence electrons. The third kappa shape index (κ3) is 4.36. The number of aliphatic hydroxyl groups excluding tert-OH is 2. The Labute approximate surface area is 134 Å². The fourth-order valence-electron chi connectivity index (χ4n) is 1.90. The van der Waals surface area contributed by atoms with Crippen LogP contribution in [0.15, 0.2) is 6.20 Å². The zero-order chi connectivity index (χ0) is 16.8. The lowest BCUT2D eigenvalue weighted by Gasteiger charge is -2.16. The first-order chi connectivity index (χ1) is 11.0. The lowest BCUT2D eigenvalue weighted by molar-refractivity contribution is 0.105. The summed E-state index contributed by atoms with van der Waals surface area (Å²) in [5.41, 5.74) is 1.25. The van der Waals surface area contributed by atoms with Gasteiger partial charge in [-0.25, -0.2) is 15.0 Å². The molecular formula is C14H23N7O2. The molecule has 9 heteroatoms. The second-order valence-corrected chi connectivity index (χ2v) is 5.34. The van der Waals surface area contributed by atoms with Gasteiger partial charge < -0.3 is 25.7 Å². The molecule has 0 aliphatic rings. The molecule has 2 heterocycles. The highest BCUT2D eigenvalue weighted by Crippen LogP contribution is 2.22. The number of anilines is 3. The van der Waals surface area contributed by atoms with Gasteiger partial charge in [0, 0.05) is 27.2 Å². The molecule has 0 aliphatic heterocycles. The van der Waals surface area contributed by atoms with Gasteiger partial charge in [-0.3, -0.25) is 0 Å². The number of fused-ring (bicyclic) bond motifs is 1. The Morgan fingerprint density at radius 1 is 1.17 bits per heavy atom. The molecule has 0 bridgehead atoms. The molecule has 2 aromatic rings. The molecule has 0 spiro atoms. The van der Waals surface area contributed by atoms with Crippen molar-refractivity contribution in [2.24, 2.45) is 0 Å². The number of rotatable bonds is 8. The second kappa shape index (κ2) is 7.84. The molecule has 9 nitrogen and oxygen atoms in total. The maximum atomic E-state index is 9.38. The number of aromatic nitrogens is 4. The quantitative estimate of drug-likeness (QED) is 0.535. The smallest absolute Gasteiger partial charge is 0.225 e. The molecule has 0 saturated carbocycles. The summed E-state index contributed by atoms with van der Waals surface area (Å²) in [5.74, 6) is 1.58. The maximum Gasteiger partial charge on any atom is 0.225 e. The molecule has 0 fully saturated rings. The van der Waals surface area contributed by atoms with Crippen molar-refractivity contribution in [1.82, 2.24) is 19.9 Å². The van der Waals surface area contributed by atoms with Gasteiger partial charge in [0.2, 0.25) is 11.9 Å². The monoisotopic (exact) mass is 321 g/mol. The van der Waals surface area contributed by atoms with Gasteiger partial charge in [0.05, 0.1) is 18.9 Å². The van der Waals surface area contributed by atoms with Gasteiger partial charge in [0.1, 0.15) is 11.0 Å². The molecular weight excluding hydrogens is 298 g/mol. The standard InChI is InChI=1S/C14H23N7O2/c1-4-5-15-14-18-10-7-17-13(16-6-9(23)8-22)19-11(10)12(20-14)21(2)3/h7,9,22-23H,4-6,8H2,1-3H3,(H,15,18,20)(H,16,17,19). The van der Waals surface area contributed by atoms with Gasteiger partial charge in [-0.2, -0.15) is 4.98 Å². The van der Waals surface area contributed by atoms with Crippen molar-refractivity contribution in [3.63, 3.8) is 0 Å². The molecule has 2 aromatic heterocycles. The van der Waals surface area contributed by atoms with Crippen LogP contribution >= 0.6 is 0 Å². The van der Waals surface area contributed by atoms with E-state index in [1.807, 2.05) is 19.0 Å². The summed E-state index contributed by atoms with van der Waals surface area (Å²) >= 11 is 0. The number of aliphatic hydroxyl groups is 2. The molecule has 0 radical (unpaired) electrons. The van der Waals surface area contributed by atoms with Gasteiger partial charge in [-0.05, 0) is 6.42 Å². The minimum absolute atomic E-state index is 0.163. The summed E-state index contributed by atoms with van der Waals surface area (Å²) in [7, 11) is 3.77. The van der Waals surface area contributed by atoms with Crippen LogP contribution in [0.4, 0.5) is 17.7 Å². The van der Waals surface area contributed by atoms with Crippen LogP contribution in [0.3, 0.4) is 0 Å². The van der Waals surface area contributed by atoms with E-state index in [1.165, 1.54) is 0 Å². The van der Waals surface area contributed by atoms with Gasteiger partial charge >= 0.3 is 0 Å². The van der Waals surface area contributed by atoms with E-state index in [1.54, 1.807) is 6.20 Å². The van der Waals surface area contributed by atoms with Crippen molar-refractivity contribution >= 4 is 28.7 Å². The van der Waals surface area contributed by atoms with E-state index >= 15 is 0 Å². The summed E-state index contributed by atoms with van der Waals surface area (Å²) in [6.45, 7) is 2.70. The Morgan fingerprint density at radius 3 is 2.61 bits per heavy atom. The van der Waals surface area contributed by atoms with Gasteiger partial charge in [-0.15, -0.1) is 0 Å². The number of nitrogens with one attached hydrogen (secondary N) is 2. The normalized spacial score (nSPS) is 12.2. The van der Waals surface area contributed by atoms with E-state index < -0.39 is 6.10 Å². The molecule has 0 aromatic carbocycles. The van der Waals surface area contributed by atoms with Crippen molar-refractivity contribution in [2.75, 3.05) is 49.3 Å². The number of hydrogen-bond donors (Lipinski definition) is 4. The Morgan fingerprint density at radius 2 is 1.96 bits per heavy atom. The molecule has 23 heavy (non-hydrogen) atoms. The third-order valence-corrected chi connectivity index (χ3v) is 3.08. The van der Waals surface area contributed by atoms with Crippen LogP contribution in [-0.2, 0) is 0 Å². The predicted octanol–water partition coefficient (Wildman–Crippen LogP) is 0.0728. The van der Waals surface area contributed by atoms with Gasteiger partial charge in [0.25, 0.3) is 0 Å². The second-order valence-electron chi connectivity index (χ2n) is 5.34. The highest BCUT2D eigenvalue weighted by Gasteiger charge is 2.13. The highest BCUT2D eigenvalue weighted by molar-refractivity contribution is 5.86. The van der Waals surface area contributed by atoms with Crippen molar-refractivity contribution in [3.05, 3.63) is 6.20 Å². The lowest BCUT2D eigenvalue weighted by atomic mass is 10.3. The van der Waals surface area contributed by atoms with Crippen LogP contribution in [0.5, 0.6) is 0 Å². The Kier molecular flexibility index (Phi) is 5.83. The van der Waals surface area contributed by atoms with Crippen LogP contribution in [-0.4, -0.2) is 70.0 Å². The summed E-state index contributed by atoms with van der Waals surface area (Å²) in [4.78, 5) is 19.4. The molecule has 0 amide bonds. The molecule has 0 saturated heterocycles. The van der Waals surface area contributed by atoms with E-state index in [-0.39, 0.29) is 13.2 Å². The number of nitrogens with zero attached hydrogens (tertiary/aromatic N) is 5. The van der Waals surface area contributed by atoms with E-state index in [4.69, 9.17) is 5.11 Å². The summed E-state index contributed by atoms with van der Waals surface area (Å²) in [6, 6.07) is 0. The van der Waals surface area contributed by atoms with Crippen molar-refractivity contribution in [1.29, 1.82) is 0 Å². The van der Waals surface area contributed by atoms with Gasteiger partial charge in [0.15, 0.2) is 5.82 Å². The van der Waals surface area contributed by atoms with E-state index in [0.717, 1.165) is 13.0 Å². The van der Waals surface area contributed by atoms with Crippen LogP contribution in [0.2, 0.25) is 0 Å². The molecule has 4 N–H and O–H groups in total. The van der Waals surface area contributed by atoms with Crippen molar-refractivity contribution in [3.8, 4) is 0 Å². The van der Waals surface area contributed by atoms with E-state index in [9.17, 15) is 5.11 Å². The van der Waals surface area contributed by atoms with Crippen LogP contribution < -0.4 is 15.5 Å². The largest absolute Gasteiger partial charge is 0.394 e. The maximum absolute atomic E-state index is 9.38. The van der Waals surface area contributed by atoms with E-state index in [0.29, 0.717) is 28.7 Å². The lowest BCUT2D eigenvalue weighted by Crippen LogP contribution is -2.24. The Bertz CT molecular complexity index is 650. The minimum Gasteiger partial charge on any atom is -0.394 e. The fourth-order valence-corrected chi connectivity index (χ4v) is 1.90. The summed E-state index contributed by atoms with van der Waals surface area (Å²) in [6.07, 6.45) is 1.73. The van der Waals surface area contributed by atoms with Crippen LogP contribution in [0, 0.1) is 0 Å². The Hall–Kier alpha value is -2.26. The van der Waals surface area contributed by atoms with Crippen LogP contribution in [0.1, 0.15) is 13.3 Å². The predicted molar refractivity (Wildman–Crippen MR) is 89.8 cm³/mol. The Balaban J connectivity index is 2.34. The first-order valence-corrected chi connectivity index (χ1v) is 7.54. The zero-order valence-corrected chi connectivity index (χ0v) is 13.6. The zero-order valence-electron chi connectivity index (χ0n) is 13.6. The van der Waals surface area contributed by atoms with Crippen LogP contribution in [0.25, 0.3) is 11.0 Å². The summed E-state index contributed by atoms with van der Waals surface area (Å²) < 4.78 is 0. The highest BCUT2D eigenvalue weighted by atomic mass is 16.3. The first kappa shape index (κ1) is 17.1. The van der Waals surface area contributed by atoms with E-state index in [2.05, 4.69) is 37.5 Å². The molecule has 0 aliphatic carbocycles. The SMILES string of the molecule is CCCNc1nc(N(C)C)c2nc(NCC(O)CO)ncc2n1. The average Bonchev–Trinajstić information content (AvgIpc) is 2.56. The third-order valence-electron chi connectivity index (χ3n) is 3.08. The van der Waals surface area contributed by atoms with Crippen molar-refractivity contribution in [2.45, 2.75) is 19.4 Å². The first-order valence-electron chi connectivity index (χ1n) is 7.54. The van der Waals surface area contributed by atoms with Crippen molar-refractivity contribution < 1.29 is 10.2 Å². The minimum atomic E-state index is -0.862. The number of hydrogen-bond acceptors (Lipinski definition) is 9. The average molecular weight is 321 g/mol. The van der Waals surface area contributed by atoms with Gasteiger partial charge in [-0.1, -0.05) is 6.92 Å².